The van der Waals surface area contributed by atoms with Crippen molar-refractivity contribution in [3.63, 3.8) is 0 Å². The van der Waals surface area contributed by atoms with Gasteiger partial charge in [-0.05, 0) is 74.9 Å². The second-order valence-corrected chi connectivity index (χ2v) is 9.29. The Morgan fingerprint density at radius 3 is 2.44 bits per heavy atom. The maximum Gasteiger partial charge on any atom is 0.255 e. The molecule has 0 spiro atoms. The molecule has 2 amide bonds. The Balaban J connectivity index is 0.00000226. The van der Waals surface area contributed by atoms with Crippen molar-refractivity contribution in [2.24, 2.45) is 0 Å². The molecule has 0 fully saturated rings. The van der Waals surface area contributed by atoms with Crippen molar-refractivity contribution in [2.75, 3.05) is 20.7 Å². The van der Waals surface area contributed by atoms with Crippen LogP contribution in [0.5, 0.6) is 0 Å². The van der Waals surface area contributed by atoms with Crippen LogP contribution in [0.4, 0.5) is 4.39 Å². The Morgan fingerprint density at radius 1 is 1.15 bits per heavy atom. The van der Waals surface area contributed by atoms with E-state index < -0.39 is 0 Å². The lowest BCUT2D eigenvalue weighted by Crippen LogP contribution is -2.28. The number of ether oxygens (including phenoxy) is 1. The average Bonchev–Trinajstić information content (AvgIpc) is 3.35. The van der Waals surface area contributed by atoms with E-state index in [0.29, 0.717) is 45.9 Å². The Labute approximate surface area is 241 Å². The van der Waals surface area contributed by atoms with Gasteiger partial charge in [0.2, 0.25) is 5.91 Å². The maximum absolute atomic E-state index is 13.6. The largest absolute Gasteiger partial charge is 0.501 e. The lowest BCUT2D eigenvalue weighted by atomic mass is 9.97. The molecule has 2 aromatic carbocycles. The van der Waals surface area contributed by atoms with E-state index in [9.17, 15) is 14.0 Å². The fourth-order valence-corrected chi connectivity index (χ4v) is 4.46. The lowest BCUT2D eigenvalue weighted by molar-refractivity contribution is -0.129. The molecule has 2 aromatic heterocycles. The predicted octanol–water partition coefficient (Wildman–Crippen LogP) is 7.54. The SMILES string of the molecule is CC.CCO/C=C/c1ccc(-c2cc3c(C(=O)NC)c(-c4ccc(F)cc4)oc3cc2C)nc1C(C)N(C)C(C)=O. The first-order valence-electron chi connectivity index (χ1n) is 13.7. The first kappa shape index (κ1) is 31.1. The Bertz CT molecular complexity index is 1560. The minimum Gasteiger partial charge on any atom is -0.501 e. The molecule has 0 aliphatic carbocycles. The van der Waals surface area contributed by atoms with Gasteiger partial charge in [0, 0.05) is 43.1 Å². The summed E-state index contributed by atoms with van der Waals surface area (Å²) in [5, 5.41) is 3.31. The zero-order valence-corrected chi connectivity index (χ0v) is 25.0. The average molecular weight is 560 g/mol. The van der Waals surface area contributed by atoms with Crippen LogP contribution in [0, 0.1) is 12.7 Å². The number of hydrogen-bond acceptors (Lipinski definition) is 5. The van der Waals surface area contributed by atoms with Crippen LogP contribution in [0.1, 0.15) is 67.8 Å². The Kier molecular flexibility index (Phi) is 10.4. The third-order valence-corrected chi connectivity index (χ3v) is 6.81. The van der Waals surface area contributed by atoms with Crippen molar-refractivity contribution in [1.82, 2.24) is 15.2 Å². The van der Waals surface area contributed by atoms with E-state index in [1.165, 1.54) is 19.1 Å². The molecule has 4 aromatic rings. The normalized spacial score (nSPS) is 11.6. The van der Waals surface area contributed by atoms with Crippen LogP contribution < -0.4 is 5.32 Å². The summed E-state index contributed by atoms with van der Waals surface area (Å²) < 4.78 is 25.1. The molecule has 0 saturated heterocycles. The zero-order valence-electron chi connectivity index (χ0n) is 25.0. The highest BCUT2D eigenvalue weighted by Crippen LogP contribution is 2.38. The smallest absolute Gasteiger partial charge is 0.255 e. The summed E-state index contributed by atoms with van der Waals surface area (Å²) in [7, 11) is 3.30. The molecule has 4 rings (SSSR count). The first-order valence-corrected chi connectivity index (χ1v) is 13.7. The van der Waals surface area contributed by atoms with Crippen LogP contribution in [-0.4, -0.2) is 42.4 Å². The van der Waals surface area contributed by atoms with Crippen molar-refractivity contribution >= 4 is 28.9 Å². The molecule has 0 aliphatic heterocycles. The topological polar surface area (TPSA) is 84.7 Å². The summed E-state index contributed by atoms with van der Waals surface area (Å²) in [4.78, 5) is 31.8. The molecular formula is C33H38FN3O4. The van der Waals surface area contributed by atoms with Crippen LogP contribution in [0.2, 0.25) is 0 Å². The van der Waals surface area contributed by atoms with Gasteiger partial charge < -0.3 is 19.4 Å². The summed E-state index contributed by atoms with van der Waals surface area (Å²) >= 11 is 0. The fraction of sp³-hybridized carbons (Fsp3) is 0.303. The summed E-state index contributed by atoms with van der Waals surface area (Å²) in [6.07, 6.45) is 3.46. The quantitative estimate of drug-likeness (QED) is 0.225. The van der Waals surface area contributed by atoms with Crippen LogP contribution in [0.3, 0.4) is 0 Å². The number of aromatic nitrogens is 1. The van der Waals surface area contributed by atoms with Crippen molar-refractivity contribution in [2.45, 2.75) is 47.6 Å². The number of aryl methyl sites for hydroxylation is 1. The third kappa shape index (κ3) is 6.65. The molecular weight excluding hydrogens is 521 g/mol. The van der Waals surface area contributed by atoms with Gasteiger partial charge in [-0.15, -0.1) is 0 Å². The Hall–Kier alpha value is -4.46. The summed E-state index contributed by atoms with van der Waals surface area (Å²) in [6.45, 7) is 11.8. The van der Waals surface area contributed by atoms with Gasteiger partial charge in [0.1, 0.15) is 17.2 Å². The van der Waals surface area contributed by atoms with Gasteiger partial charge in [-0.3, -0.25) is 14.6 Å². The number of benzene rings is 2. The lowest BCUT2D eigenvalue weighted by Gasteiger charge is -2.25. The molecule has 0 bridgehead atoms. The predicted molar refractivity (Wildman–Crippen MR) is 162 cm³/mol. The number of pyridine rings is 1. The van der Waals surface area contributed by atoms with Crippen molar-refractivity contribution in [3.05, 3.63) is 83.0 Å². The maximum atomic E-state index is 13.6. The van der Waals surface area contributed by atoms with E-state index in [4.69, 9.17) is 14.1 Å². The fourth-order valence-electron chi connectivity index (χ4n) is 4.46. The summed E-state index contributed by atoms with van der Waals surface area (Å²) in [6, 6.07) is 13.2. The number of nitrogens with zero attached hydrogens (tertiary/aromatic N) is 2. The highest BCUT2D eigenvalue weighted by Gasteiger charge is 2.24. The number of hydrogen-bond donors (Lipinski definition) is 1. The number of furan rings is 1. The first-order chi connectivity index (χ1) is 19.7. The molecule has 1 unspecified atom stereocenters. The standard InChI is InChI=1S/C31H32FN3O4.C2H6/c1-7-38-15-14-21-10-13-26(34-29(21)19(3)35(6)20(4)36)24-17-25-27(16-18(24)2)39-30(28(25)31(37)33-5)22-8-11-23(32)12-9-22;1-2/h8-17,19H,7H2,1-6H3,(H,33,37);1-2H3/b15-14+;. The molecule has 216 valence electrons. The van der Waals surface area contributed by atoms with E-state index in [1.807, 2.05) is 65.0 Å². The number of fused-ring (bicyclic) bond motifs is 1. The molecule has 7 nitrogen and oxygen atoms in total. The second kappa shape index (κ2) is 13.7. The third-order valence-electron chi connectivity index (χ3n) is 6.81. The highest BCUT2D eigenvalue weighted by atomic mass is 19.1. The summed E-state index contributed by atoms with van der Waals surface area (Å²) in [5.74, 6) is -0.401. The van der Waals surface area contributed by atoms with Crippen LogP contribution in [0.15, 0.2) is 59.2 Å². The van der Waals surface area contributed by atoms with Crippen LogP contribution in [-0.2, 0) is 9.53 Å². The van der Waals surface area contributed by atoms with Gasteiger partial charge >= 0.3 is 0 Å². The van der Waals surface area contributed by atoms with Gasteiger partial charge in [-0.2, -0.15) is 0 Å². The number of nitrogens with one attached hydrogen (secondary N) is 1. The van der Waals surface area contributed by atoms with Crippen LogP contribution >= 0.6 is 0 Å². The van der Waals surface area contributed by atoms with Gasteiger partial charge in [-0.25, -0.2) is 4.39 Å². The molecule has 1 atom stereocenters. The minimum atomic E-state index is -0.374. The van der Waals surface area contributed by atoms with Crippen molar-refractivity contribution in [1.29, 1.82) is 0 Å². The molecule has 0 aliphatic rings. The summed E-state index contributed by atoms with van der Waals surface area (Å²) in [5.41, 5.74) is 5.45. The number of carbonyl (C=O) groups excluding carboxylic acids is 2. The van der Waals surface area contributed by atoms with Gasteiger partial charge in [0.05, 0.1) is 35.9 Å². The van der Waals surface area contributed by atoms with Crippen LogP contribution in [0.25, 0.3) is 39.6 Å². The molecule has 2 heterocycles. The second-order valence-electron chi connectivity index (χ2n) is 9.29. The monoisotopic (exact) mass is 559 g/mol. The minimum absolute atomic E-state index is 0.0750. The number of rotatable bonds is 8. The van der Waals surface area contributed by atoms with Gasteiger partial charge in [0.25, 0.3) is 5.91 Å². The van der Waals surface area contributed by atoms with Crippen molar-refractivity contribution < 1.29 is 23.1 Å². The molecule has 8 heteroatoms. The van der Waals surface area contributed by atoms with E-state index >= 15 is 0 Å². The van der Waals surface area contributed by atoms with Gasteiger partial charge in [-0.1, -0.05) is 19.9 Å². The molecule has 0 radical (unpaired) electrons. The molecule has 0 saturated carbocycles. The van der Waals surface area contributed by atoms with Crippen molar-refractivity contribution in [3.8, 4) is 22.6 Å². The Morgan fingerprint density at radius 2 is 1.83 bits per heavy atom. The zero-order chi connectivity index (χ0) is 30.3. The van der Waals surface area contributed by atoms with E-state index in [1.54, 1.807) is 37.4 Å². The van der Waals surface area contributed by atoms with E-state index in [0.717, 1.165) is 16.7 Å². The van der Waals surface area contributed by atoms with E-state index in [2.05, 4.69) is 5.32 Å². The molecule has 1 N–H and O–H groups in total. The van der Waals surface area contributed by atoms with E-state index in [-0.39, 0.29) is 23.7 Å². The van der Waals surface area contributed by atoms with Gasteiger partial charge in [0.15, 0.2) is 0 Å². The highest BCUT2D eigenvalue weighted by molar-refractivity contribution is 6.12. The number of halogens is 1. The molecule has 41 heavy (non-hydrogen) atoms. The number of amides is 2. The number of carbonyl (C=O) groups is 2.